The first kappa shape index (κ1) is 12.0. The van der Waals surface area contributed by atoms with E-state index in [4.69, 9.17) is 5.11 Å². The summed E-state index contributed by atoms with van der Waals surface area (Å²) in [6.45, 7) is 5.95. The number of aliphatic hydroxyl groups excluding tert-OH is 1. The average molecular weight is 199 g/mol. The lowest BCUT2D eigenvalue weighted by Gasteiger charge is -2.35. The SMILES string of the molecule is CC(C)C1CCCCC1NCCCO. The van der Waals surface area contributed by atoms with Gasteiger partial charge in [-0.3, -0.25) is 0 Å². The van der Waals surface area contributed by atoms with Crippen LogP contribution < -0.4 is 5.32 Å². The Labute approximate surface area is 88.1 Å². The molecule has 0 amide bonds. The van der Waals surface area contributed by atoms with Gasteiger partial charge in [-0.15, -0.1) is 0 Å². The highest BCUT2D eigenvalue weighted by atomic mass is 16.3. The van der Waals surface area contributed by atoms with Gasteiger partial charge in [0.1, 0.15) is 0 Å². The van der Waals surface area contributed by atoms with E-state index in [-0.39, 0.29) is 0 Å². The lowest BCUT2D eigenvalue weighted by Crippen LogP contribution is -2.41. The summed E-state index contributed by atoms with van der Waals surface area (Å²) in [7, 11) is 0. The van der Waals surface area contributed by atoms with Crippen molar-refractivity contribution in [2.24, 2.45) is 11.8 Å². The molecule has 14 heavy (non-hydrogen) atoms. The number of aliphatic hydroxyl groups is 1. The molecule has 2 N–H and O–H groups in total. The van der Waals surface area contributed by atoms with Crippen molar-refractivity contribution in [1.29, 1.82) is 0 Å². The molecule has 1 saturated carbocycles. The van der Waals surface area contributed by atoms with Gasteiger partial charge in [0.2, 0.25) is 0 Å². The summed E-state index contributed by atoms with van der Waals surface area (Å²) in [5, 5.41) is 12.3. The Morgan fingerprint density at radius 3 is 2.64 bits per heavy atom. The van der Waals surface area contributed by atoms with Crippen LogP contribution in [0.15, 0.2) is 0 Å². The molecule has 0 radical (unpaired) electrons. The maximum absolute atomic E-state index is 8.73. The predicted octanol–water partition coefficient (Wildman–Crippen LogP) is 2.17. The van der Waals surface area contributed by atoms with E-state index in [1.807, 2.05) is 0 Å². The van der Waals surface area contributed by atoms with Crippen LogP contribution in [0, 0.1) is 11.8 Å². The standard InChI is InChI=1S/C12H25NO/c1-10(2)11-6-3-4-7-12(11)13-8-5-9-14/h10-14H,3-9H2,1-2H3. The van der Waals surface area contributed by atoms with E-state index in [1.165, 1.54) is 25.7 Å². The molecular formula is C12H25NO. The van der Waals surface area contributed by atoms with E-state index in [0.717, 1.165) is 24.8 Å². The summed E-state index contributed by atoms with van der Waals surface area (Å²) < 4.78 is 0. The van der Waals surface area contributed by atoms with Gasteiger partial charge in [0.05, 0.1) is 0 Å². The third kappa shape index (κ3) is 3.58. The van der Waals surface area contributed by atoms with E-state index in [1.54, 1.807) is 0 Å². The van der Waals surface area contributed by atoms with Gasteiger partial charge in [-0.25, -0.2) is 0 Å². The maximum Gasteiger partial charge on any atom is 0.0443 e. The van der Waals surface area contributed by atoms with E-state index < -0.39 is 0 Å². The van der Waals surface area contributed by atoms with Crippen LogP contribution in [-0.2, 0) is 0 Å². The van der Waals surface area contributed by atoms with Gasteiger partial charge in [0, 0.05) is 12.6 Å². The molecule has 0 bridgehead atoms. The van der Waals surface area contributed by atoms with Crippen LogP contribution in [0.2, 0.25) is 0 Å². The van der Waals surface area contributed by atoms with Crippen molar-refractivity contribution in [3.63, 3.8) is 0 Å². The normalized spacial score (nSPS) is 28.3. The van der Waals surface area contributed by atoms with E-state index in [9.17, 15) is 0 Å². The second-order valence-electron chi connectivity index (χ2n) is 4.83. The molecule has 0 aromatic carbocycles. The molecule has 1 aliphatic rings. The molecule has 84 valence electrons. The second kappa shape index (κ2) is 6.41. The van der Waals surface area contributed by atoms with Crippen LogP contribution >= 0.6 is 0 Å². The first-order valence-corrected chi connectivity index (χ1v) is 6.10. The fourth-order valence-electron chi connectivity index (χ4n) is 2.58. The van der Waals surface area contributed by atoms with Gasteiger partial charge >= 0.3 is 0 Å². The summed E-state index contributed by atoms with van der Waals surface area (Å²) in [4.78, 5) is 0. The fraction of sp³-hybridized carbons (Fsp3) is 1.00. The van der Waals surface area contributed by atoms with Crippen LogP contribution in [0.4, 0.5) is 0 Å². The summed E-state index contributed by atoms with van der Waals surface area (Å²) in [5.74, 6) is 1.64. The highest BCUT2D eigenvalue weighted by Gasteiger charge is 2.26. The zero-order chi connectivity index (χ0) is 10.4. The monoisotopic (exact) mass is 199 g/mol. The van der Waals surface area contributed by atoms with Crippen molar-refractivity contribution in [2.45, 2.75) is 52.0 Å². The van der Waals surface area contributed by atoms with Crippen LogP contribution in [0.3, 0.4) is 0 Å². The first-order chi connectivity index (χ1) is 6.75. The Kier molecular flexibility index (Phi) is 5.49. The van der Waals surface area contributed by atoms with Gasteiger partial charge in [-0.05, 0) is 37.6 Å². The van der Waals surface area contributed by atoms with E-state index >= 15 is 0 Å². The first-order valence-electron chi connectivity index (χ1n) is 6.10. The zero-order valence-corrected chi connectivity index (χ0v) is 9.63. The third-order valence-electron chi connectivity index (χ3n) is 3.42. The van der Waals surface area contributed by atoms with Crippen molar-refractivity contribution in [1.82, 2.24) is 5.32 Å². The van der Waals surface area contributed by atoms with Crippen LogP contribution in [-0.4, -0.2) is 24.3 Å². The fourth-order valence-corrected chi connectivity index (χ4v) is 2.58. The molecule has 0 aromatic heterocycles. The van der Waals surface area contributed by atoms with Crippen molar-refractivity contribution in [3.05, 3.63) is 0 Å². The molecule has 0 saturated heterocycles. The Hall–Kier alpha value is -0.0800. The quantitative estimate of drug-likeness (QED) is 0.665. The van der Waals surface area contributed by atoms with Crippen LogP contribution in [0.25, 0.3) is 0 Å². The largest absolute Gasteiger partial charge is 0.396 e. The number of hydrogen-bond donors (Lipinski definition) is 2. The minimum atomic E-state index is 0.312. The molecule has 2 unspecified atom stereocenters. The van der Waals surface area contributed by atoms with Crippen molar-refractivity contribution >= 4 is 0 Å². The zero-order valence-electron chi connectivity index (χ0n) is 9.63. The maximum atomic E-state index is 8.73. The lowest BCUT2D eigenvalue weighted by atomic mass is 9.78. The summed E-state index contributed by atoms with van der Waals surface area (Å²) in [6.07, 6.45) is 6.38. The van der Waals surface area contributed by atoms with Crippen molar-refractivity contribution < 1.29 is 5.11 Å². The highest BCUT2D eigenvalue weighted by molar-refractivity contribution is 4.82. The smallest absolute Gasteiger partial charge is 0.0443 e. The Balaban J connectivity index is 2.30. The minimum absolute atomic E-state index is 0.312. The van der Waals surface area contributed by atoms with Crippen LogP contribution in [0.5, 0.6) is 0 Å². The average Bonchev–Trinajstić information content (AvgIpc) is 2.19. The molecule has 2 nitrogen and oxygen atoms in total. The van der Waals surface area contributed by atoms with Gasteiger partial charge in [0.25, 0.3) is 0 Å². The van der Waals surface area contributed by atoms with Crippen molar-refractivity contribution in [2.75, 3.05) is 13.2 Å². The highest BCUT2D eigenvalue weighted by Crippen LogP contribution is 2.29. The molecule has 1 aliphatic carbocycles. The van der Waals surface area contributed by atoms with Gasteiger partial charge in [0.15, 0.2) is 0 Å². The summed E-state index contributed by atoms with van der Waals surface area (Å²) >= 11 is 0. The number of hydrogen-bond acceptors (Lipinski definition) is 2. The lowest BCUT2D eigenvalue weighted by molar-refractivity contribution is 0.200. The summed E-state index contributed by atoms with van der Waals surface area (Å²) in [5.41, 5.74) is 0. The summed E-state index contributed by atoms with van der Waals surface area (Å²) in [6, 6.07) is 0.704. The van der Waals surface area contributed by atoms with Gasteiger partial charge < -0.3 is 10.4 Å². The Morgan fingerprint density at radius 2 is 2.00 bits per heavy atom. The molecule has 1 fully saturated rings. The molecule has 0 aliphatic heterocycles. The predicted molar refractivity (Wildman–Crippen MR) is 60.3 cm³/mol. The molecule has 0 aromatic rings. The molecule has 1 rings (SSSR count). The number of nitrogens with one attached hydrogen (secondary N) is 1. The molecule has 2 atom stereocenters. The van der Waals surface area contributed by atoms with Crippen molar-refractivity contribution in [3.8, 4) is 0 Å². The van der Waals surface area contributed by atoms with E-state index in [2.05, 4.69) is 19.2 Å². The molecule has 2 heteroatoms. The third-order valence-corrected chi connectivity index (χ3v) is 3.42. The second-order valence-corrected chi connectivity index (χ2v) is 4.83. The molecular weight excluding hydrogens is 174 g/mol. The Bertz CT molecular complexity index is 147. The minimum Gasteiger partial charge on any atom is -0.396 e. The van der Waals surface area contributed by atoms with Crippen LogP contribution in [0.1, 0.15) is 46.0 Å². The Morgan fingerprint density at radius 1 is 1.29 bits per heavy atom. The number of rotatable bonds is 5. The van der Waals surface area contributed by atoms with Gasteiger partial charge in [-0.2, -0.15) is 0 Å². The van der Waals surface area contributed by atoms with E-state index in [0.29, 0.717) is 12.6 Å². The molecule has 0 spiro atoms. The topological polar surface area (TPSA) is 32.3 Å². The molecule has 0 heterocycles. The van der Waals surface area contributed by atoms with Gasteiger partial charge in [-0.1, -0.05) is 26.7 Å².